The molecule has 2 aromatic carbocycles. The minimum atomic E-state index is 0.0188. The third-order valence-electron chi connectivity index (χ3n) is 4.29. The smallest absolute Gasteiger partial charge is 0.326 e. The fourth-order valence-electron chi connectivity index (χ4n) is 3.15. The Morgan fingerprint density at radius 2 is 1.77 bits per heavy atom. The molecule has 5 heteroatoms. The van der Waals surface area contributed by atoms with Gasteiger partial charge in [0.15, 0.2) is 11.0 Å². The van der Waals surface area contributed by atoms with Crippen LogP contribution < -0.4 is 9.67 Å². The molecule has 5 nitrogen and oxygen atoms in total. The zero-order chi connectivity index (χ0) is 15.4. The van der Waals surface area contributed by atoms with E-state index in [1.54, 1.807) is 12.1 Å². The van der Waals surface area contributed by atoms with Crippen molar-refractivity contribution in [3.05, 3.63) is 42.5 Å². The largest absolute Gasteiger partial charge is 0.872 e. The highest BCUT2D eigenvalue weighted by atomic mass is 16.3. The van der Waals surface area contributed by atoms with E-state index < -0.39 is 0 Å². The second-order valence-electron chi connectivity index (χ2n) is 5.58. The van der Waals surface area contributed by atoms with Crippen molar-refractivity contribution >= 4 is 22.1 Å². The summed E-state index contributed by atoms with van der Waals surface area (Å²) < 4.78 is 6.19. The molecule has 0 amide bonds. The lowest BCUT2D eigenvalue weighted by molar-refractivity contribution is -0.634. The van der Waals surface area contributed by atoms with Crippen molar-refractivity contribution < 1.29 is 9.67 Å². The van der Waals surface area contributed by atoms with Gasteiger partial charge in [0, 0.05) is 7.05 Å². The molecule has 0 spiro atoms. The molecule has 0 bridgehead atoms. The first kappa shape index (κ1) is 12.9. The number of aromatic nitrogens is 4. The van der Waals surface area contributed by atoms with Crippen LogP contribution in [0.4, 0.5) is 0 Å². The molecule has 0 atom stereocenters. The summed E-state index contributed by atoms with van der Waals surface area (Å²) in [7, 11) is 5.99. The summed E-state index contributed by atoms with van der Waals surface area (Å²) in [6, 6.07) is 13.2. The molecular formula is C17H16N4O. The number of hydrogen-bond acceptors (Lipinski definition) is 2. The van der Waals surface area contributed by atoms with Crippen molar-refractivity contribution in [2.75, 3.05) is 0 Å². The van der Waals surface area contributed by atoms with Crippen LogP contribution in [0.2, 0.25) is 0 Å². The van der Waals surface area contributed by atoms with E-state index in [2.05, 4.69) is 15.2 Å². The minimum Gasteiger partial charge on any atom is -0.872 e. The van der Waals surface area contributed by atoms with Gasteiger partial charge in [0.2, 0.25) is 5.82 Å². The van der Waals surface area contributed by atoms with E-state index in [9.17, 15) is 5.11 Å². The Balaban J connectivity index is 2.10. The second kappa shape index (κ2) is 4.34. The van der Waals surface area contributed by atoms with Crippen molar-refractivity contribution in [2.45, 2.75) is 0 Å². The molecule has 110 valence electrons. The first-order chi connectivity index (χ1) is 10.6. The third kappa shape index (κ3) is 1.59. The van der Waals surface area contributed by atoms with Crippen LogP contribution in [0.15, 0.2) is 42.5 Å². The lowest BCUT2D eigenvalue weighted by atomic mass is 10.3. The molecule has 4 aromatic rings. The van der Waals surface area contributed by atoms with Crippen LogP contribution in [-0.2, 0) is 21.1 Å². The average molecular weight is 292 g/mol. The molecule has 0 saturated heterocycles. The van der Waals surface area contributed by atoms with Gasteiger partial charge in [-0.25, -0.2) is 14.1 Å². The van der Waals surface area contributed by atoms with E-state index >= 15 is 0 Å². The highest BCUT2D eigenvalue weighted by Crippen LogP contribution is 2.25. The summed E-state index contributed by atoms with van der Waals surface area (Å²) in [4.78, 5) is 4.77. The molecule has 0 aliphatic rings. The number of hydrogen-bond donors (Lipinski definition) is 0. The van der Waals surface area contributed by atoms with E-state index in [-0.39, 0.29) is 5.75 Å². The zero-order valence-corrected chi connectivity index (χ0v) is 12.7. The minimum absolute atomic E-state index is 0.0188. The van der Waals surface area contributed by atoms with Crippen LogP contribution in [0, 0.1) is 0 Å². The van der Waals surface area contributed by atoms with Gasteiger partial charge in [0.1, 0.15) is 0 Å². The Morgan fingerprint density at radius 1 is 1.00 bits per heavy atom. The second-order valence-corrected chi connectivity index (χ2v) is 5.58. The standard InChI is InChI=1S/C17H16N4O/c1-19-13-7-5-4-6-12(13)18-16(19)17-20(2)14-9-8-11(22)10-15(14)21(17)3/h4-10H,1-3H3. The molecule has 0 fully saturated rings. The monoisotopic (exact) mass is 292 g/mol. The normalized spacial score (nSPS) is 11.6. The number of aryl methyl sites for hydroxylation is 3. The van der Waals surface area contributed by atoms with Crippen LogP contribution >= 0.6 is 0 Å². The molecule has 0 N–H and O–H groups in total. The lowest BCUT2D eigenvalue weighted by Crippen LogP contribution is -2.31. The van der Waals surface area contributed by atoms with E-state index in [1.807, 2.05) is 50.0 Å². The van der Waals surface area contributed by atoms with Crippen molar-refractivity contribution in [3.63, 3.8) is 0 Å². The van der Waals surface area contributed by atoms with Crippen molar-refractivity contribution in [2.24, 2.45) is 21.1 Å². The Kier molecular flexibility index (Phi) is 2.54. The first-order valence-corrected chi connectivity index (χ1v) is 7.15. The molecular weight excluding hydrogens is 276 g/mol. The van der Waals surface area contributed by atoms with E-state index in [0.717, 1.165) is 33.7 Å². The fourth-order valence-corrected chi connectivity index (χ4v) is 3.15. The van der Waals surface area contributed by atoms with Crippen LogP contribution in [0.25, 0.3) is 33.7 Å². The van der Waals surface area contributed by atoms with E-state index in [0.29, 0.717) is 0 Å². The predicted octanol–water partition coefficient (Wildman–Crippen LogP) is 1.63. The summed E-state index contributed by atoms with van der Waals surface area (Å²) in [6.45, 7) is 0. The molecule has 2 aromatic heterocycles. The molecule has 4 rings (SSSR count). The number of fused-ring (bicyclic) bond motifs is 2. The molecule has 22 heavy (non-hydrogen) atoms. The highest BCUT2D eigenvalue weighted by Gasteiger charge is 2.26. The fraction of sp³-hybridized carbons (Fsp3) is 0.176. The lowest BCUT2D eigenvalue weighted by Gasteiger charge is -2.01. The molecule has 0 saturated carbocycles. The third-order valence-corrected chi connectivity index (χ3v) is 4.29. The molecule has 0 radical (unpaired) electrons. The van der Waals surface area contributed by atoms with Gasteiger partial charge in [-0.15, -0.1) is 5.75 Å². The Morgan fingerprint density at radius 3 is 2.55 bits per heavy atom. The summed E-state index contributed by atoms with van der Waals surface area (Å²) >= 11 is 0. The zero-order valence-electron chi connectivity index (χ0n) is 12.7. The number of rotatable bonds is 1. The van der Waals surface area contributed by atoms with Gasteiger partial charge in [0.05, 0.1) is 25.1 Å². The summed E-state index contributed by atoms with van der Waals surface area (Å²) in [5.74, 6) is 1.87. The maximum atomic E-state index is 11.7. The maximum absolute atomic E-state index is 11.7. The van der Waals surface area contributed by atoms with Crippen molar-refractivity contribution in [3.8, 4) is 17.4 Å². The predicted molar refractivity (Wildman–Crippen MR) is 83.2 cm³/mol. The van der Waals surface area contributed by atoms with Gasteiger partial charge in [-0.2, -0.15) is 0 Å². The van der Waals surface area contributed by atoms with Crippen molar-refractivity contribution in [1.82, 2.24) is 14.1 Å². The van der Waals surface area contributed by atoms with Crippen molar-refractivity contribution in [1.29, 1.82) is 0 Å². The number of imidazole rings is 2. The quantitative estimate of drug-likeness (QED) is 0.501. The molecule has 0 aliphatic heterocycles. The number of para-hydroxylation sites is 2. The average Bonchev–Trinajstić information content (AvgIpc) is 2.96. The Hall–Kier alpha value is -2.82. The van der Waals surface area contributed by atoms with Crippen LogP contribution in [-0.4, -0.2) is 14.1 Å². The molecule has 0 unspecified atom stereocenters. The molecule has 2 heterocycles. The Bertz CT molecular complexity index is 1030. The number of benzene rings is 2. The van der Waals surface area contributed by atoms with Gasteiger partial charge < -0.3 is 9.67 Å². The van der Waals surface area contributed by atoms with Crippen LogP contribution in [0.3, 0.4) is 0 Å². The Labute approximate surface area is 127 Å². The first-order valence-electron chi connectivity index (χ1n) is 7.15. The summed E-state index contributed by atoms with van der Waals surface area (Å²) in [6.07, 6.45) is 0. The topological polar surface area (TPSA) is 49.7 Å². The van der Waals surface area contributed by atoms with Gasteiger partial charge in [0.25, 0.3) is 0 Å². The van der Waals surface area contributed by atoms with Crippen LogP contribution in [0.1, 0.15) is 0 Å². The summed E-state index contributed by atoms with van der Waals surface area (Å²) in [5, 5.41) is 11.7. The van der Waals surface area contributed by atoms with Gasteiger partial charge in [-0.3, -0.25) is 0 Å². The summed E-state index contributed by atoms with van der Waals surface area (Å²) in [5.41, 5.74) is 3.99. The van der Waals surface area contributed by atoms with Gasteiger partial charge >= 0.3 is 5.82 Å². The number of nitrogens with zero attached hydrogens (tertiary/aromatic N) is 4. The highest BCUT2D eigenvalue weighted by molar-refractivity contribution is 5.81. The van der Waals surface area contributed by atoms with Crippen LogP contribution in [0.5, 0.6) is 5.75 Å². The van der Waals surface area contributed by atoms with Gasteiger partial charge in [-0.05, 0) is 24.3 Å². The van der Waals surface area contributed by atoms with Gasteiger partial charge in [-0.1, -0.05) is 18.2 Å². The molecule has 0 aliphatic carbocycles. The van der Waals surface area contributed by atoms with E-state index in [1.165, 1.54) is 0 Å². The van der Waals surface area contributed by atoms with E-state index in [4.69, 9.17) is 4.98 Å². The SMILES string of the molecule is Cn1c(-c2n(C)c3cc([O-])ccc3[n+]2C)nc2ccccc21. The maximum Gasteiger partial charge on any atom is 0.326 e.